The summed E-state index contributed by atoms with van der Waals surface area (Å²) in [5.41, 5.74) is 0.682. The number of ether oxygens (including phenoxy) is 1. The Bertz CT molecular complexity index is 237. The zero-order chi connectivity index (χ0) is 12.8. The molecule has 0 bridgehead atoms. The third-order valence-corrected chi connectivity index (χ3v) is 4.84. The Labute approximate surface area is 112 Å². The molecule has 1 spiro atoms. The largest absolute Gasteiger partial charge is 0.379 e. The van der Waals surface area contributed by atoms with Crippen molar-refractivity contribution in [1.29, 1.82) is 0 Å². The highest BCUT2D eigenvalue weighted by Crippen LogP contribution is 2.51. The second kappa shape index (κ2) is 6.88. The molecular weight excluding hydrogens is 224 g/mol. The van der Waals surface area contributed by atoms with Crippen LogP contribution in [0.1, 0.15) is 44.9 Å². The Morgan fingerprint density at radius 3 is 2.50 bits per heavy atom. The standard InChI is InChI=1S/C15H30N2O/c1-17(2)11-13-18-12-10-16-14-6-9-15(14)7-4-3-5-8-15/h14,16H,3-13H2,1-2H3. The van der Waals surface area contributed by atoms with Crippen LogP contribution in [0.3, 0.4) is 0 Å². The molecule has 1 unspecified atom stereocenters. The maximum atomic E-state index is 5.64. The lowest BCUT2D eigenvalue weighted by molar-refractivity contribution is 0.0173. The average Bonchev–Trinajstić information content (AvgIpc) is 2.37. The minimum absolute atomic E-state index is 0.682. The van der Waals surface area contributed by atoms with Crippen molar-refractivity contribution in [3.8, 4) is 0 Å². The molecular formula is C15H30N2O. The Morgan fingerprint density at radius 1 is 1.11 bits per heavy atom. The van der Waals surface area contributed by atoms with Crippen LogP contribution in [0.15, 0.2) is 0 Å². The molecule has 2 fully saturated rings. The molecule has 1 N–H and O–H groups in total. The van der Waals surface area contributed by atoms with Crippen LogP contribution in [0, 0.1) is 5.41 Å². The number of hydrogen-bond acceptors (Lipinski definition) is 3. The molecule has 0 aromatic heterocycles. The van der Waals surface area contributed by atoms with Crippen LogP contribution in [0.5, 0.6) is 0 Å². The van der Waals surface area contributed by atoms with Gasteiger partial charge in [-0.15, -0.1) is 0 Å². The molecule has 2 aliphatic rings. The van der Waals surface area contributed by atoms with Gasteiger partial charge < -0.3 is 15.0 Å². The van der Waals surface area contributed by atoms with Gasteiger partial charge in [0.05, 0.1) is 13.2 Å². The molecule has 1 atom stereocenters. The van der Waals surface area contributed by atoms with E-state index in [0.717, 1.165) is 32.3 Å². The van der Waals surface area contributed by atoms with Gasteiger partial charge in [-0.05, 0) is 45.2 Å². The first-order valence-electron chi connectivity index (χ1n) is 7.69. The van der Waals surface area contributed by atoms with E-state index in [-0.39, 0.29) is 0 Å². The summed E-state index contributed by atoms with van der Waals surface area (Å²) in [5.74, 6) is 0. The van der Waals surface area contributed by atoms with Crippen LogP contribution in [0.25, 0.3) is 0 Å². The van der Waals surface area contributed by atoms with Crippen molar-refractivity contribution < 1.29 is 4.74 Å². The maximum Gasteiger partial charge on any atom is 0.0593 e. The number of rotatable bonds is 7. The molecule has 106 valence electrons. The summed E-state index contributed by atoms with van der Waals surface area (Å²) in [7, 11) is 4.17. The predicted molar refractivity (Wildman–Crippen MR) is 75.9 cm³/mol. The molecule has 2 rings (SSSR count). The van der Waals surface area contributed by atoms with Crippen LogP contribution in [0.4, 0.5) is 0 Å². The first-order valence-corrected chi connectivity index (χ1v) is 7.69. The first-order chi connectivity index (χ1) is 8.73. The van der Waals surface area contributed by atoms with Gasteiger partial charge in [-0.1, -0.05) is 19.3 Å². The SMILES string of the molecule is CN(C)CCOCCNC1CCC12CCCCC2. The highest BCUT2D eigenvalue weighted by atomic mass is 16.5. The lowest BCUT2D eigenvalue weighted by Gasteiger charge is -2.52. The van der Waals surface area contributed by atoms with E-state index in [9.17, 15) is 0 Å². The zero-order valence-corrected chi connectivity index (χ0v) is 12.2. The van der Waals surface area contributed by atoms with Crippen LogP contribution in [0.2, 0.25) is 0 Å². The van der Waals surface area contributed by atoms with Crippen molar-refractivity contribution in [2.24, 2.45) is 5.41 Å². The summed E-state index contributed by atoms with van der Waals surface area (Å²) < 4.78 is 5.64. The summed E-state index contributed by atoms with van der Waals surface area (Å²) in [4.78, 5) is 2.16. The minimum Gasteiger partial charge on any atom is -0.379 e. The zero-order valence-electron chi connectivity index (χ0n) is 12.2. The van der Waals surface area contributed by atoms with Crippen LogP contribution < -0.4 is 5.32 Å². The normalized spacial score (nSPS) is 26.5. The Balaban J connectivity index is 1.54. The number of likely N-dealkylation sites (N-methyl/N-ethyl adjacent to an activating group) is 1. The summed E-state index contributed by atoms with van der Waals surface area (Å²) in [5, 5.41) is 3.73. The van der Waals surface area contributed by atoms with Crippen molar-refractivity contribution in [3.63, 3.8) is 0 Å². The quantitative estimate of drug-likeness (QED) is 0.705. The second-order valence-electron chi connectivity index (χ2n) is 6.38. The molecule has 0 radical (unpaired) electrons. The number of nitrogens with zero attached hydrogens (tertiary/aromatic N) is 1. The average molecular weight is 254 g/mol. The van der Waals surface area contributed by atoms with Crippen molar-refractivity contribution in [2.45, 2.75) is 51.0 Å². The molecule has 0 aliphatic heterocycles. The smallest absolute Gasteiger partial charge is 0.0593 e. The van der Waals surface area contributed by atoms with Gasteiger partial charge in [0.15, 0.2) is 0 Å². The Kier molecular flexibility index (Phi) is 5.46. The fraction of sp³-hybridized carbons (Fsp3) is 1.00. The Hall–Kier alpha value is -0.120. The summed E-state index contributed by atoms with van der Waals surface area (Å²) in [6, 6.07) is 0.787. The number of nitrogens with one attached hydrogen (secondary N) is 1. The lowest BCUT2D eigenvalue weighted by Crippen LogP contribution is -2.54. The van der Waals surface area contributed by atoms with Gasteiger partial charge in [0, 0.05) is 19.1 Å². The highest BCUT2D eigenvalue weighted by molar-refractivity contribution is 5.01. The van der Waals surface area contributed by atoms with Gasteiger partial charge in [-0.3, -0.25) is 0 Å². The van der Waals surface area contributed by atoms with Crippen LogP contribution >= 0.6 is 0 Å². The predicted octanol–water partition coefficient (Wildman–Crippen LogP) is 2.27. The minimum atomic E-state index is 0.682. The van der Waals surface area contributed by atoms with Gasteiger partial charge >= 0.3 is 0 Å². The van der Waals surface area contributed by atoms with E-state index >= 15 is 0 Å². The van der Waals surface area contributed by atoms with E-state index in [0.29, 0.717) is 5.41 Å². The summed E-state index contributed by atoms with van der Waals surface area (Å²) >= 11 is 0. The van der Waals surface area contributed by atoms with Gasteiger partial charge in [-0.25, -0.2) is 0 Å². The van der Waals surface area contributed by atoms with Gasteiger partial charge in [-0.2, -0.15) is 0 Å². The Morgan fingerprint density at radius 2 is 1.89 bits per heavy atom. The van der Waals surface area contributed by atoms with Crippen LogP contribution in [-0.2, 0) is 4.74 Å². The molecule has 3 heteroatoms. The summed E-state index contributed by atoms with van der Waals surface area (Å²) in [6.45, 7) is 3.76. The first kappa shape index (κ1) is 14.3. The van der Waals surface area contributed by atoms with E-state index in [2.05, 4.69) is 24.3 Å². The third kappa shape index (κ3) is 3.69. The molecule has 2 saturated carbocycles. The monoisotopic (exact) mass is 254 g/mol. The molecule has 18 heavy (non-hydrogen) atoms. The van der Waals surface area contributed by atoms with Crippen molar-refractivity contribution >= 4 is 0 Å². The van der Waals surface area contributed by atoms with Gasteiger partial charge in [0.1, 0.15) is 0 Å². The molecule has 0 aromatic carbocycles. The topological polar surface area (TPSA) is 24.5 Å². The van der Waals surface area contributed by atoms with E-state index < -0.39 is 0 Å². The molecule has 0 saturated heterocycles. The van der Waals surface area contributed by atoms with Crippen molar-refractivity contribution in [2.75, 3.05) is 40.4 Å². The molecule has 0 amide bonds. The number of hydrogen-bond donors (Lipinski definition) is 1. The van der Waals surface area contributed by atoms with Crippen LogP contribution in [-0.4, -0.2) is 51.3 Å². The van der Waals surface area contributed by atoms with E-state index in [1.807, 2.05) is 0 Å². The van der Waals surface area contributed by atoms with E-state index in [1.165, 1.54) is 44.9 Å². The molecule has 2 aliphatic carbocycles. The summed E-state index contributed by atoms with van der Waals surface area (Å²) in [6.07, 6.45) is 10.2. The molecule has 3 nitrogen and oxygen atoms in total. The molecule has 0 heterocycles. The lowest BCUT2D eigenvalue weighted by atomic mass is 9.57. The van der Waals surface area contributed by atoms with E-state index in [4.69, 9.17) is 4.74 Å². The second-order valence-corrected chi connectivity index (χ2v) is 6.38. The van der Waals surface area contributed by atoms with Gasteiger partial charge in [0.25, 0.3) is 0 Å². The highest BCUT2D eigenvalue weighted by Gasteiger charge is 2.46. The van der Waals surface area contributed by atoms with E-state index in [1.54, 1.807) is 0 Å². The maximum absolute atomic E-state index is 5.64. The van der Waals surface area contributed by atoms with Gasteiger partial charge in [0.2, 0.25) is 0 Å². The van der Waals surface area contributed by atoms with Crippen molar-refractivity contribution in [1.82, 2.24) is 10.2 Å². The molecule has 0 aromatic rings. The fourth-order valence-corrected chi connectivity index (χ4v) is 3.52. The fourth-order valence-electron chi connectivity index (χ4n) is 3.52. The third-order valence-electron chi connectivity index (χ3n) is 4.84. The van der Waals surface area contributed by atoms with Crippen molar-refractivity contribution in [3.05, 3.63) is 0 Å².